The smallest absolute Gasteiger partial charge is 0.255 e. The first-order chi connectivity index (χ1) is 9.10. The lowest BCUT2D eigenvalue weighted by Gasteiger charge is -2.08. The molecule has 0 aliphatic rings. The molecule has 19 heavy (non-hydrogen) atoms. The van der Waals surface area contributed by atoms with Gasteiger partial charge in [0.2, 0.25) is 0 Å². The fourth-order valence-electron chi connectivity index (χ4n) is 1.57. The summed E-state index contributed by atoms with van der Waals surface area (Å²) in [5.74, 6) is -0.141. The van der Waals surface area contributed by atoms with Crippen LogP contribution in [0.15, 0.2) is 51.8 Å². The molecule has 2 aromatic carbocycles. The Morgan fingerprint density at radius 2 is 1.89 bits per heavy atom. The highest BCUT2D eigenvalue weighted by Gasteiger charge is 2.08. The van der Waals surface area contributed by atoms with E-state index in [0.29, 0.717) is 16.9 Å². The molecular formula is C14H13BrN2OS. The number of anilines is 2. The van der Waals surface area contributed by atoms with Crippen molar-refractivity contribution in [3.63, 3.8) is 0 Å². The van der Waals surface area contributed by atoms with Gasteiger partial charge >= 0.3 is 0 Å². The lowest BCUT2D eigenvalue weighted by atomic mass is 10.2. The first-order valence-corrected chi connectivity index (χ1v) is 7.62. The summed E-state index contributed by atoms with van der Waals surface area (Å²) in [5, 5.41) is 2.84. The van der Waals surface area contributed by atoms with Gasteiger partial charge in [-0.15, -0.1) is 11.8 Å². The van der Waals surface area contributed by atoms with E-state index in [9.17, 15) is 4.79 Å². The van der Waals surface area contributed by atoms with Gasteiger partial charge in [-0.1, -0.05) is 0 Å². The Hall–Kier alpha value is -1.46. The van der Waals surface area contributed by atoms with E-state index < -0.39 is 0 Å². The van der Waals surface area contributed by atoms with Gasteiger partial charge in [0.15, 0.2) is 0 Å². The van der Waals surface area contributed by atoms with Gasteiger partial charge in [-0.05, 0) is 64.7 Å². The van der Waals surface area contributed by atoms with Crippen molar-refractivity contribution >= 4 is 45.0 Å². The first-order valence-electron chi connectivity index (χ1n) is 5.60. The molecule has 0 atom stereocenters. The van der Waals surface area contributed by atoms with Crippen molar-refractivity contribution in [3.05, 3.63) is 52.5 Å². The molecule has 0 aromatic heterocycles. The van der Waals surface area contributed by atoms with Gasteiger partial charge in [-0.2, -0.15) is 0 Å². The Bertz CT molecular complexity index is 599. The van der Waals surface area contributed by atoms with Crippen LogP contribution < -0.4 is 11.1 Å². The minimum Gasteiger partial charge on any atom is -0.399 e. The van der Waals surface area contributed by atoms with E-state index in [1.807, 2.05) is 30.5 Å². The van der Waals surface area contributed by atoms with Crippen LogP contribution in [0.4, 0.5) is 11.4 Å². The van der Waals surface area contributed by atoms with Crippen LogP contribution in [0.25, 0.3) is 0 Å². The van der Waals surface area contributed by atoms with E-state index in [1.54, 1.807) is 30.0 Å². The summed E-state index contributed by atoms with van der Waals surface area (Å²) < 4.78 is 0.765. The minimum absolute atomic E-state index is 0.141. The van der Waals surface area contributed by atoms with E-state index in [0.717, 1.165) is 9.37 Å². The highest BCUT2D eigenvalue weighted by molar-refractivity contribution is 9.10. The SMILES string of the molecule is CSc1ccc(C(=O)Nc2ccc(N)cc2Br)cc1. The van der Waals surface area contributed by atoms with Gasteiger partial charge in [0.25, 0.3) is 5.91 Å². The van der Waals surface area contributed by atoms with Crippen molar-refractivity contribution in [2.24, 2.45) is 0 Å². The van der Waals surface area contributed by atoms with E-state index in [2.05, 4.69) is 21.2 Å². The number of nitrogens with one attached hydrogen (secondary N) is 1. The number of nitrogens with two attached hydrogens (primary N) is 1. The Kier molecular flexibility index (Phi) is 4.50. The number of hydrogen-bond acceptors (Lipinski definition) is 3. The third-order valence-corrected chi connectivity index (χ3v) is 3.99. The maximum absolute atomic E-state index is 12.1. The van der Waals surface area contributed by atoms with Crippen LogP contribution in [-0.2, 0) is 0 Å². The number of amides is 1. The summed E-state index contributed by atoms with van der Waals surface area (Å²) in [7, 11) is 0. The van der Waals surface area contributed by atoms with Crippen molar-refractivity contribution in [1.82, 2.24) is 0 Å². The molecule has 3 N–H and O–H groups in total. The molecule has 2 aromatic rings. The van der Waals surface area contributed by atoms with Crippen molar-refractivity contribution in [1.29, 1.82) is 0 Å². The molecule has 0 saturated heterocycles. The van der Waals surface area contributed by atoms with Crippen molar-refractivity contribution in [3.8, 4) is 0 Å². The summed E-state index contributed by atoms with van der Waals surface area (Å²) in [6.45, 7) is 0. The Morgan fingerprint density at radius 3 is 2.47 bits per heavy atom. The summed E-state index contributed by atoms with van der Waals surface area (Å²) in [6.07, 6.45) is 2.00. The van der Waals surface area contributed by atoms with Gasteiger partial charge < -0.3 is 11.1 Å². The second-order valence-corrected chi connectivity index (χ2v) is 5.66. The zero-order valence-electron chi connectivity index (χ0n) is 10.3. The molecule has 0 aliphatic carbocycles. The number of thioether (sulfide) groups is 1. The van der Waals surface area contributed by atoms with Gasteiger partial charge in [-0.3, -0.25) is 4.79 Å². The van der Waals surface area contributed by atoms with Crippen LogP contribution in [-0.4, -0.2) is 12.2 Å². The van der Waals surface area contributed by atoms with E-state index in [-0.39, 0.29) is 5.91 Å². The normalized spacial score (nSPS) is 10.2. The minimum atomic E-state index is -0.141. The quantitative estimate of drug-likeness (QED) is 0.657. The molecule has 1 amide bonds. The van der Waals surface area contributed by atoms with Crippen LogP contribution in [0.2, 0.25) is 0 Å². The molecular weight excluding hydrogens is 324 g/mol. The second kappa shape index (κ2) is 6.12. The van der Waals surface area contributed by atoms with E-state index in [4.69, 9.17) is 5.73 Å². The summed E-state index contributed by atoms with van der Waals surface area (Å²) in [6, 6.07) is 12.8. The van der Waals surface area contributed by atoms with Gasteiger partial charge in [0.1, 0.15) is 0 Å². The molecule has 0 radical (unpaired) electrons. The molecule has 5 heteroatoms. The lowest BCUT2D eigenvalue weighted by molar-refractivity contribution is 0.102. The number of rotatable bonds is 3. The third kappa shape index (κ3) is 3.52. The first kappa shape index (κ1) is 14.0. The highest BCUT2D eigenvalue weighted by Crippen LogP contribution is 2.25. The fourth-order valence-corrected chi connectivity index (χ4v) is 2.47. The molecule has 0 aliphatic heterocycles. The number of hydrogen-bond donors (Lipinski definition) is 2. The third-order valence-electron chi connectivity index (χ3n) is 2.59. The molecule has 98 valence electrons. The molecule has 2 rings (SSSR count). The van der Waals surface area contributed by atoms with Crippen LogP contribution >= 0.6 is 27.7 Å². The molecule has 0 heterocycles. The second-order valence-electron chi connectivity index (χ2n) is 3.92. The molecule has 0 unspecified atom stereocenters. The number of benzene rings is 2. The molecule has 3 nitrogen and oxygen atoms in total. The van der Waals surface area contributed by atoms with E-state index >= 15 is 0 Å². The molecule has 0 saturated carbocycles. The zero-order chi connectivity index (χ0) is 13.8. The van der Waals surface area contributed by atoms with Crippen LogP contribution in [0, 0.1) is 0 Å². The van der Waals surface area contributed by atoms with Gasteiger partial charge in [0, 0.05) is 20.6 Å². The Balaban J connectivity index is 2.15. The highest BCUT2D eigenvalue weighted by atomic mass is 79.9. The number of carbonyl (C=O) groups is 1. The summed E-state index contributed by atoms with van der Waals surface area (Å²) >= 11 is 5.02. The number of halogens is 1. The number of carbonyl (C=O) groups excluding carboxylic acids is 1. The number of nitrogen functional groups attached to an aromatic ring is 1. The summed E-state index contributed by atoms with van der Waals surface area (Å²) in [5.41, 5.74) is 7.63. The lowest BCUT2D eigenvalue weighted by Crippen LogP contribution is -2.12. The fraction of sp³-hybridized carbons (Fsp3) is 0.0714. The molecule has 0 fully saturated rings. The van der Waals surface area contributed by atoms with E-state index in [1.165, 1.54) is 0 Å². The maximum Gasteiger partial charge on any atom is 0.255 e. The maximum atomic E-state index is 12.1. The predicted octanol–water partition coefficient (Wildman–Crippen LogP) is 4.01. The molecule has 0 spiro atoms. The van der Waals surface area contributed by atoms with Crippen LogP contribution in [0.3, 0.4) is 0 Å². The standard InChI is InChI=1S/C14H13BrN2OS/c1-19-11-5-2-9(3-6-11)14(18)17-13-7-4-10(16)8-12(13)15/h2-8H,16H2,1H3,(H,17,18). The predicted molar refractivity (Wildman–Crippen MR) is 84.7 cm³/mol. The average Bonchev–Trinajstić information content (AvgIpc) is 2.42. The largest absolute Gasteiger partial charge is 0.399 e. The topological polar surface area (TPSA) is 55.1 Å². The summed E-state index contributed by atoms with van der Waals surface area (Å²) in [4.78, 5) is 13.2. The van der Waals surface area contributed by atoms with Crippen molar-refractivity contribution in [2.75, 3.05) is 17.3 Å². The van der Waals surface area contributed by atoms with Crippen LogP contribution in [0.5, 0.6) is 0 Å². The monoisotopic (exact) mass is 336 g/mol. The van der Waals surface area contributed by atoms with Crippen molar-refractivity contribution in [2.45, 2.75) is 4.90 Å². The van der Waals surface area contributed by atoms with Crippen molar-refractivity contribution < 1.29 is 4.79 Å². The Morgan fingerprint density at radius 1 is 1.21 bits per heavy atom. The van der Waals surface area contributed by atoms with Gasteiger partial charge in [-0.25, -0.2) is 0 Å². The van der Waals surface area contributed by atoms with Gasteiger partial charge in [0.05, 0.1) is 5.69 Å². The molecule has 0 bridgehead atoms. The average molecular weight is 337 g/mol. The Labute approximate surface area is 124 Å². The zero-order valence-corrected chi connectivity index (χ0v) is 12.7. The van der Waals surface area contributed by atoms with Crippen LogP contribution in [0.1, 0.15) is 10.4 Å².